The van der Waals surface area contributed by atoms with Crippen molar-refractivity contribution < 1.29 is 8.42 Å². The van der Waals surface area contributed by atoms with E-state index in [1.54, 1.807) is 17.5 Å². The fourth-order valence-electron chi connectivity index (χ4n) is 2.09. The van der Waals surface area contributed by atoms with Crippen LogP contribution in [0.1, 0.15) is 12.8 Å². The summed E-state index contributed by atoms with van der Waals surface area (Å²) >= 11 is 3.40. The van der Waals surface area contributed by atoms with Gasteiger partial charge in [0, 0.05) is 31.7 Å². The molecule has 1 saturated heterocycles. The molecule has 17 heavy (non-hydrogen) atoms. The normalized spacial score (nSPS) is 22.1. The molecule has 1 atom stereocenters. The molecule has 0 saturated carbocycles. The molecule has 1 aromatic heterocycles. The fraction of sp³-hybridized carbons (Fsp3) is 0.700. The largest absolute Gasteiger partial charge is 0.274 e. The Morgan fingerprint density at radius 1 is 1.59 bits per heavy atom. The summed E-state index contributed by atoms with van der Waals surface area (Å²) in [6, 6.07) is 0. The maximum Gasteiger partial charge on any atom is 0.246 e. The van der Waals surface area contributed by atoms with E-state index in [0.29, 0.717) is 23.9 Å². The summed E-state index contributed by atoms with van der Waals surface area (Å²) in [7, 11) is -1.62. The molecule has 5 nitrogen and oxygen atoms in total. The van der Waals surface area contributed by atoms with Gasteiger partial charge in [0.1, 0.15) is 4.90 Å². The molecule has 0 radical (unpaired) electrons. The third kappa shape index (κ3) is 2.71. The third-order valence-corrected chi connectivity index (χ3v) is 5.36. The standard InChI is InChI=1S/C10H16BrN3O2S/c1-13-8-10(6-12-13)17(15,16)14-5-3-9(7-14)2-4-11/h6,8-9H,2-5,7H2,1H3. The van der Waals surface area contributed by atoms with Crippen molar-refractivity contribution in [2.45, 2.75) is 17.7 Å². The molecule has 0 spiro atoms. The van der Waals surface area contributed by atoms with Crippen LogP contribution >= 0.6 is 15.9 Å². The number of alkyl halides is 1. The molecule has 1 aliphatic rings. The van der Waals surface area contributed by atoms with Gasteiger partial charge in [-0.3, -0.25) is 4.68 Å². The van der Waals surface area contributed by atoms with E-state index >= 15 is 0 Å². The predicted octanol–water partition coefficient (Wildman–Crippen LogP) is 1.22. The Labute approximate surface area is 110 Å². The second-order valence-corrected chi connectivity index (χ2v) is 7.08. The molecule has 1 aliphatic heterocycles. The van der Waals surface area contributed by atoms with Crippen molar-refractivity contribution in [1.82, 2.24) is 14.1 Å². The highest BCUT2D eigenvalue weighted by Crippen LogP contribution is 2.26. The molecule has 2 heterocycles. The molecule has 0 amide bonds. The predicted molar refractivity (Wildman–Crippen MR) is 68.5 cm³/mol. The summed E-state index contributed by atoms with van der Waals surface area (Å²) < 4.78 is 27.6. The summed E-state index contributed by atoms with van der Waals surface area (Å²) in [6.45, 7) is 1.25. The average Bonchev–Trinajstić information content (AvgIpc) is 2.88. The van der Waals surface area contributed by atoms with Crippen LogP contribution in [-0.4, -0.2) is 40.9 Å². The van der Waals surface area contributed by atoms with E-state index in [-0.39, 0.29) is 0 Å². The topological polar surface area (TPSA) is 55.2 Å². The van der Waals surface area contributed by atoms with Gasteiger partial charge in [-0.15, -0.1) is 0 Å². The fourth-order valence-corrected chi connectivity index (χ4v) is 4.25. The van der Waals surface area contributed by atoms with Crippen molar-refractivity contribution in [3.63, 3.8) is 0 Å². The minimum atomic E-state index is -3.33. The molecule has 0 N–H and O–H groups in total. The van der Waals surface area contributed by atoms with Crippen LogP contribution in [0.3, 0.4) is 0 Å². The summed E-state index contributed by atoms with van der Waals surface area (Å²) in [6.07, 6.45) is 4.93. The van der Waals surface area contributed by atoms with Crippen molar-refractivity contribution in [3.8, 4) is 0 Å². The minimum absolute atomic E-state index is 0.291. The molecular formula is C10H16BrN3O2S. The molecule has 1 aromatic rings. The third-order valence-electron chi connectivity index (χ3n) is 3.08. The SMILES string of the molecule is Cn1cc(S(=O)(=O)N2CCC(CCBr)C2)cn1. The second-order valence-electron chi connectivity index (χ2n) is 4.35. The Bertz CT molecular complexity index is 485. The minimum Gasteiger partial charge on any atom is -0.274 e. The number of halogens is 1. The first-order chi connectivity index (χ1) is 8.04. The number of nitrogens with zero attached hydrogens (tertiary/aromatic N) is 3. The molecular weight excluding hydrogens is 306 g/mol. The number of hydrogen-bond donors (Lipinski definition) is 0. The van der Waals surface area contributed by atoms with E-state index < -0.39 is 10.0 Å². The van der Waals surface area contributed by atoms with Gasteiger partial charge in [0.05, 0.1) is 6.20 Å². The first kappa shape index (κ1) is 13.0. The van der Waals surface area contributed by atoms with Gasteiger partial charge >= 0.3 is 0 Å². The summed E-state index contributed by atoms with van der Waals surface area (Å²) in [5.41, 5.74) is 0. The summed E-state index contributed by atoms with van der Waals surface area (Å²) in [4.78, 5) is 0.291. The van der Waals surface area contributed by atoms with E-state index in [4.69, 9.17) is 0 Å². The monoisotopic (exact) mass is 321 g/mol. The molecule has 0 aliphatic carbocycles. The molecule has 96 valence electrons. The zero-order chi connectivity index (χ0) is 12.5. The lowest BCUT2D eigenvalue weighted by Crippen LogP contribution is -2.28. The van der Waals surface area contributed by atoms with Crippen molar-refractivity contribution in [2.75, 3.05) is 18.4 Å². The lowest BCUT2D eigenvalue weighted by Gasteiger charge is -2.14. The van der Waals surface area contributed by atoms with Crippen LogP contribution in [0.5, 0.6) is 0 Å². The van der Waals surface area contributed by atoms with Gasteiger partial charge in [0.2, 0.25) is 10.0 Å². The van der Waals surface area contributed by atoms with Crippen LogP contribution in [0.2, 0.25) is 0 Å². The number of aryl methyl sites for hydroxylation is 1. The van der Waals surface area contributed by atoms with Crippen molar-refractivity contribution in [3.05, 3.63) is 12.4 Å². The highest BCUT2D eigenvalue weighted by Gasteiger charge is 2.32. The van der Waals surface area contributed by atoms with Gasteiger partial charge in [0.15, 0.2) is 0 Å². The van der Waals surface area contributed by atoms with E-state index in [1.807, 2.05) is 0 Å². The van der Waals surface area contributed by atoms with Gasteiger partial charge in [-0.05, 0) is 18.8 Å². The Morgan fingerprint density at radius 3 is 2.94 bits per heavy atom. The highest BCUT2D eigenvalue weighted by atomic mass is 79.9. The van der Waals surface area contributed by atoms with E-state index in [1.165, 1.54) is 10.9 Å². The van der Waals surface area contributed by atoms with Gasteiger partial charge < -0.3 is 0 Å². The van der Waals surface area contributed by atoms with Gasteiger partial charge in [0.25, 0.3) is 0 Å². The number of rotatable bonds is 4. The van der Waals surface area contributed by atoms with Crippen molar-refractivity contribution in [2.24, 2.45) is 13.0 Å². The average molecular weight is 322 g/mol. The highest BCUT2D eigenvalue weighted by molar-refractivity contribution is 9.09. The van der Waals surface area contributed by atoms with Crippen LogP contribution in [0.15, 0.2) is 17.3 Å². The summed E-state index contributed by atoms with van der Waals surface area (Å²) in [5, 5.41) is 4.84. The Balaban J connectivity index is 2.13. The summed E-state index contributed by atoms with van der Waals surface area (Å²) in [5.74, 6) is 0.473. The first-order valence-electron chi connectivity index (χ1n) is 5.59. The van der Waals surface area contributed by atoms with E-state index in [9.17, 15) is 8.42 Å². The lowest BCUT2D eigenvalue weighted by molar-refractivity contribution is 0.454. The molecule has 7 heteroatoms. The number of sulfonamides is 1. The van der Waals surface area contributed by atoms with Crippen LogP contribution in [0, 0.1) is 5.92 Å². The molecule has 2 rings (SSSR count). The number of aromatic nitrogens is 2. The molecule has 0 bridgehead atoms. The zero-order valence-corrected chi connectivity index (χ0v) is 12.1. The smallest absolute Gasteiger partial charge is 0.246 e. The van der Waals surface area contributed by atoms with Crippen molar-refractivity contribution >= 4 is 26.0 Å². The van der Waals surface area contributed by atoms with Gasteiger partial charge in [-0.2, -0.15) is 9.40 Å². The molecule has 1 fully saturated rings. The van der Waals surface area contributed by atoms with Gasteiger partial charge in [-0.1, -0.05) is 15.9 Å². The maximum atomic E-state index is 12.3. The first-order valence-corrected chi connectivity index (χ1v) is 8.15. The van der Waals surface area contributed by atoms with Crippen LogP contribution in [0.4, 0.5) is 0 Å². The maximum absolute atomic E-state index is 12.3. The lowest BCUT2D eigenvalue weighted by atomic mass is 10.1. The van der Waals surface area contributed by atoms with Crippen LogP contribution in [-0.2, 0) is 17.1 Å². The molecule has 0 aromatic carbocycles. The van der Waals surface area contributed by atoms with Crippen LogP contribution < -0.4 is 0 Å². The Kier molecular flexibility index (Phi) is 3.89. The molecule has 1 unspecified atom stereocenters. The zero-order valence-electron chi connectivity index (χ0n) is 9.71. The van der Waals surface area contributed by atoms with E-state index in [0.717, 1.165) is 18.2 Å². The van der Waals surface area contributed by atoms with E-state index in [2.05, 4.69) is 21.0 Å². The van der Waals surface area contributed by atoms with Crippen molar-refractivity contribution in [1.29, 1.82) is 0 Å². The quantitative estimate of drug-likeness (QED) is 0.783. The second kappa shape index (κ2) is 5.07. The Morgan fingerprint density at radius 2 is 2.35 bits per heavy atom. The van der Waals surface area contributed by atoms with Crippen LogP contribution in [0.25, 0.3) is 0 Å². The number of hydrogen-bond acceptors (Lipinski definition) is 3. The Hall–Kier alpha value is -0.400. The van der Waals surface area contributed by atoms with Gasteiger partial charge in [-0.25, -0.2) is 8.42 Å².